The van der Waals surface area contributed by atoms with Crippen LogP contribution < -0.4 is 15.6 Å². The van der Waals surface area contributed by atoms with Crippen molar-refractivity contribution in [3.63, 3.8) is 0 Å². The van der Waals surface area contributed by atoms with E-state index in [0.29, 0.717) is 25.2 Å². The molecule has 4 rings (SSSR count). The van der Waals surface area contributed by atoms with Crippen LogP contribution in [-0.4, -0.2) is 47.1 Å². The summed E-state index contributed by atoms with van der Waals surface area (Å²) in [6.45, 7) is 5.51. The first kappa shape index (κ1) is 17.7. The molecule has 3 heterocycles. The van der Waals surface area contributed by atoms with E-state index in [9.17, 15) is 19.5 Å². The third-order valence-electron chi connectivity index (χ3n) is 5.39. The molecular weight excluding hydrogens is 353 g/mol. The molecule has 1 fully saturated rings. The molecule has 27 heavy (non-hydrogen) atoms. The summed E-state index contributed by atoms with van der Waals surface area (Å²) >= 11 is 0. The molecule has 142 valence electrons. The minimum Gasteiger partial charge on any atom is -0.477 e. The molecule has 2 atom stereocenters. The number of carbonyl (C=O) groups excluding carboxylic acids is 1. The predicted octanol–water partition coefficient (Wildman–Crippen LogP) is 1.78. The topological polar surface area (TPSA) is 91.6 Å². The number of halogens is 1. The second-order valence-electron chi connectivity index (χ2n) is 7.34. The average Bonchev–Trinajstić information content (AvgIpc) is 2.60. The van der Waals surface area contributed by atoms with Gasteiger partial charge in [0, 0.05) is 44.3 Å². The van der Waals surface area contributed by atoms with Crippen molar-refractivity contribution in [3.05, 3.63) is 39.4 Å². The highest BCUT2D eigenvalue weighted by Gasteiger charge is 2.33. The number of aromatic carboxylic acids is 1. The van der Waals surface area contributed by atoms with Gasteiger partial charge in [-0.1, -0.05) is 0 Å². The number of benzene rings is 1. The van der Waals surface area contributed by atoms with E-state index in [-0.39, 0.29) is 40.9 Å². The van der Waals surface area contributed by atoms with Gasteiger partial charge < -0.3 is 19.9 Å². The molecule has 2 unspecified atom stereocenters. The number of carbonyl (C=O) groups is 2. The van der Waals surface area contributed by atoms with E-state index in [1.165, 1.54) is 6.20 Å². The van der Waals surface area contributed by atoms with Gasteiger partial charge >= 0.3 is 5.97 Å². The zero-order chi connectivity index (χ0) is 19.5. The highest BCUT2D eigenvalue weighted by Crippen LogP contribution is 2.38. The number of piperazine rings is 1. The molecule has 0 saturated carbocycles. The van der Waals surface area contributed by atoms with Crippen molar-refractivity contribution in [2.24, 2.45) is 0 Å². The van der Waals surface area contributed by atoms with Gasteiger partial charge in [-0.3, -0.25) is 9.59 Å². The first-order chi connectivity index (χ1) is 12.8. The number of pyridine rings is 1. The highest BCUT2D eigenvalue weighted by molar-refractivity contribution is 6.13. The van der Waals surface area contributed by atoms with E-state index in [2.05, 4.69) is 5.32 Å². The molecule has 0 amide bonds. The molecule has 2 aliphatic heterocycles. The van der Waals surface area contributed by atoms with Crippen LogP contribution in [0.3, 0.4) is 0 Å². The molecule has 2 aromatic rings. The SMILES string of the molecule is CC1CN(c2c(F)cc3c(=O)c(C(=O)O)cn4c3c2C(=O)CC4C)CCN1. The van der Waals surface area contributed by atoms with Crippen molar-refractivity contribution >= 4 is 28.3 Å². The number of carboxylic acid groups (broad SMARTS) is 1. The zero-order valence-corrected chi connectivity index (χ0v) is 15.1. The summed E-state index contributed by atoms with van der Waals surface area (Å²) in [5, 5.41) is 12.6. The van der Waals surface area contributed by atoms with Crippen molar-refractivity contribution in [2.45, 2.75) is 32.4 Å². The Kier molecular flexibility index (Phi) is 4.03. The third-order valence-corrected chi connectivity index (χ3v) is 5.39. The Morgan fingerprint density at radius 1 is 1.33 bits per heavy atom. The first-order valence-corrected chi connectivity index (χ1v) is 8.95. The maximum absolute atomic E-state index is 15.1. The number of rotatable bonds is 2. The first-order valence-electron chi connectivity index (χ1n) is 8.95. The van der Waals surface area contributed by atoms with Crippen LogP contribution in [0, 0.1) is 5.82 Å². The van der Waals surface area contributed by atoms with Crippen molar-refractivity contribution in [2.75, 3.05) is 24.5 Å². The smallest absolute Gasteiger partial charge is 0.341 e. The number of carboxylic acids is 1. The van der Waals surface area contributed by atoms with E-state index in [1.54, 1.807) is 11.5 Å². The van der Waals surface area contributed by atoms with Crippen LogP contribution in [0.15, 0.2) is 17.1 Å². The van der Waals surface area contributed by atoms with Gasteiger partial charge in [0.05, 0.1) is 22.2 Å². The number of nitrogens with one attached hydrogen (secondary N) is 1. The second-order valence-corrected chi connectivity index (χ2v) is 7.34. The Labute approximate surface area is 154 Å². The summed E-state index contributed by atoms with van der Waals surface area (Å²) in [5.41, 5.74) is -0.458. The second kappa shape index (κ2) is 6.16. The van der Waals surface area contributed by atoms with Gasteiger partial charge in [0.2, 0.25) is 5.43 Å². The third kappa shape index (κ3) is 2.63. The highest BCUT2D eigenvalue weighted by atomic mass is 19.1. The van der Waals surface area contributed by atoms with Gasteiger partial charge in [0.15, 0.2) is 5.78 Å². The summed E-state index contributed by atoms with van der Waals surface area (Å²) in [4.78, 5) is 38.8. The minimum absolute atomic E-state index is 0.0609. The average molecular weight is 373 g/mol. The normalized spacial score (nSPS) is 22.3. The number of nitrogens with zero attached hydrogens (tertiary/aromatic N) is 2. The molecule has 8 heteroatoms. The fourth-order valence-corrected chi connectivity index (χ4v) is 4.16. The predicted molar refractivity (Wildman–Crippen MR) is 98.5 cm³/mol. The summed E-state index contributed by atoms with van der Waals surface area (Å²) in [6, 6.07) is 0.902. The molecule has 1 aromatic carbocycles. The number of hydrogen-bond acceptors (Lipinski definition) is 5. The quantitative estimate of drug-likeness (QED) is 0.834. The molecule has 0 spiro atoms. The van der Waals surface area contributed by atoms with Crippen LogP contribution in [0.1, 0.15) is 47.0 Å². The van der Waals surface area contributed by atoms with Crippen LogP contribution in [-0.2, 0) is 0 Å². The molecule has 2 aliphatic rings. The Balaban J connectivity index is 2.09. The maximum atomic E-state index is 15.1. The lowest BCUT2D eigenvalue weighted by Crippen LogP contribution is -2.50. The van der Waals surface area contributed by atoms with Crippen molar-refractivity contribution < 1.29 is 19.1 Å². The van der Waals surface area contributed by atoms with Gasteiger partial charge in [-0.2, -0.15) is 0 Å². The molecule has 1 saturated heterocycles. The standard InChI is InChI=1S/C19H20FN3O4/c1-9-7-22(4-3-21-9)17-13(20)6-11-16-15(17)14(24)5-10(2)23(16)8-12(18(11)25)19(26)27/h6,8-10,21H,3-5,7H2,1-2H3,(H,26,27). The molecule has 2 N–H and O–H groups in total. The lowest BCUT2D eigenvalue weighted by molar-refractivity contribution is 0.0694. The van der Waals surface area contributed by atoms with Crippen molar-refractivity contribution in [1.82, 2.24) is 9.88 Å². The van der Waals surface area contributed by atoms with Gasteiger partial charge in [0.25, 0.3) is 0 Å². The lowest BCUT2D eigenvalue weighted by atomic mass is 9.92. The number of Topliss-reactive ketones (excluding diaryl/α,β-unsaturated/α-hetero) is 1. The van der Waals surface area contributed by atoms with Crippen LogP contribution in [0.2, 0.25) is 0 Å². The van der Waals surface area contributed by atoms with Crippen LogP contribution >= 0.6 is 0 Å². The Hall–Kier alpha value is -2.74. The lowest BCUT2D eigenvalue weighted by Gasteiger charge is -2.36. The fourth-order valence-electron chi connectivity index (χ4n) is 4.16. The minimum atomic E-state index is -1.36. The zero-order valence-electron chi connectivity index (χ0n) is 15.1. The van der Waals surface area contributed by atoms with Crippen molar-refractivity contribution in [3.8, 4) is 0 Å². The van der Waals surface area contributed by atoms with Gasteiger partial charge in [-0.15, -0.1) is 0 Å². The molecule has 0 aliphatic carbocycles. The number of hydrogen-bond donors (Lipinski definition) is 2. The summed E-state index contributed by atoms with van der Waals surface area (Å²) in [7, 11) is 0. The van der Waals surface area contributed by atoms with E-state index < -0.39 is 22.8 Å². The molecule has 0 bridgehead atoms. The Bertz CT molecular complexity index is 1050. The van der Waals surface area contributed by atoms with Gasteiger partial charge in [-0.05, 0) is 19.9 Å². The molecule has 0 radical (unpaired) electrons. The van der Waals surface area contributed by atoms with Gasteiger partial charge in [-0.25, -0.2) is 9.18 Å². The van der Waals surface area contributed by atoms with Crippen molar-refractivity contribution in [1.29, 1.82) is 0 Å². The fraction of sp³-hybridized carbons (Fsp3) is 0.421. The van der Waals surface area contributed by atoms with Crippen LogP contribution in [0.5, 0.6) is 0 Å². The van der Waals surface area contributed by atoms with E-state index in [1.807, 2.05) is 11.8 Å². The van der Waals surface area contributed by atoms with Crippen LogP contribution in [0.25, 0.3) is 10.9 Å². The monoisotopic (exact) mass is 373 g/mol. The maximum Gasteiger partial charge on any atom is 0.341 e. The Morgan fingerprint density at radius 2 is 2.07 bits per heavy atom. The number of anilines is 1. The number of aromatic nitrogens is 1. The Morgan fingerprint density at radius 3 is 2.74 bits per heavy atom. The largest absolute Gasteiger partial charge is 0.477 e. The van der Waals surface area contributed by atoms with E-state index >= 15 is 4.39 Å². The summed E-state index contributed by atoms with van der Waals surface area (Å²) < 4.78 is 16.7. The van der Waals surface area contributed by atoms with Crippen LogP contribution in [0.4, 0.5) is 10.1 Å². The van der Waals surface area contributed by atoms with E-state index in [4.69, 9.17) is 0 Å². The molecule has 7 nitrogen and oxygen atoms in total. The molecular formula is C19H20FN3O4. The van der Waals surface area contributed by atoms with Gasteiger partial charge in [0.1, 0.15) is 11.4 Å². The molecule has 1 aromatic heterocycles. The summed E-state index contributed by atoms with van der Waals surface area (Å²) in [5.74, 6) is -2.26. The number of ketones is 1. The van der Waals surface area contributed by atoms with E-state index in [0.717, 1.165) is 6.07 Å². The summed E-state index contributed by atoms with van der Waals surface area (Å²) in [6.07, 6.45) is 1.40.